The number of amides is 1. The van der Waals surface area contributed by atoms with Gasteiger partial charge in [-0.15, -0.1) is 0 Å². The van der Waals surface area contributed by atoms with Gasteiger partial charge in [-0.25, -0.2) is 0 Å². The molecule has 0 spiro atoms. The third-order valence-electron chi connectivity index (χ3n) is 4.16. The zero-order valence-corrected chi connectivity index (χ0v) is 10.3. The van der Waals surface area contributed by atoms with Crippen LogP contribution in [0.25, 0.3) is 0 Å². The van der Waals surface area contributed by atoms with Crippen molar-refractivity contribution in [2.75, 3.05) is 7.05 Å². The molecule has 1 atom stereocenters. The Balaban J connectivity index is 1.75. The summed E-state index contributed by atoms with van der Waals surface area (Å²) in [5.74, 6) is 1.01. The highest BCUT2D eigenvalue weighted by molar-refractivity contribution is 5.82. The second-order valence-electron chi connectivity index (χ2n) is 5.36. The van der Waals surface area contributed by atoms with Crippen molar-refractivity contribution in [3.05, 3.63) is 0 Å². The standard InChI is InChI=1S/C13H24N2O/c1-14-12(9-10-5-4-6-10)13(16)15-11-7-2-3-8-11/h10-12,14H,2-9H2,1H3,(H,15,16). The molecule has 1 unspecified atom stereocenters. The molecule has 0 heterocycles. The van der Waals surface area contributed by atoms with Crippen LogP contribution in [0.5, 0.6) is 0 Å². The summed E-state index contributed by atoms with van der Waals surface area (Å²) in [5.41, 5.74) is 0. The molecule has 2 aliphatic rings. The molecule has 0 aromatic carbocycles. The topological polar surface area (TPSA) is 41.1 Å². The molecule has 0 aliphatic heterocycles. The van der Waals surface area contributed by atoms with E-state index in [1.807, 2.05) is 7.05 Å². The van der Waals surface area contributed by atoms with E-state index in [-0.39, 0.29) is 11.9 Å². The summed E-state index contributed by atoms with van der Waals surface area (Å²) in [6, 6.07) is 0.482. The number of likely N-dealkylation sites (N-methyl/N-ethyl adjacent to an activating group) is 1. The van der Waals surface area contributed by atoms with Gasteiger partial charge in [-0.2, -0.15) is 0 Å². The molecule has 0 aromatic heterocycles. The van der Waals surface area contributed by atoms with E-state index in [9.17, 15) is 4.79 Å². The van der Waals surface area contributed by atoms with Gasteiger partial charge in [0.05, 0.1) is 6.04 Å². The van der Waals surface area contributed by atoms with Crippen LogP contribution in [-0.2, 0) is 4.79 Å². The Morgan fingerprint density at radius 3 is 2.38 bits per heavy atom. The maximum absolute atomic E-state index is 12.0. The van der Waals surface area contributed by atoms with Crippen LogP contribution < -0.4 is 10.6 Å². The van der Waals surface area contributed by atoms with Gasteiger partial charge in [-0.05, 0) is 32.2 Å². The largest absolute Gasteiger partial charge is 0.352 e. The predicted molar refractivity (Wildman–Crippen MR) is 65.2 cm³/mol. The minimum atomic E-state index is 0.0332. The summed E-state index contributed by atoms with van der Waals surface area (Å²) in [6.07, 6.45) is 9.90. The van der Waals surface area contributed by atoms with Gasteiger partial charge >= 0.3 is 0 Å². The molecule has 0 radical (unpaired) electrons. The molecule has 0 aromatic rings. The van der Waals surface area contributed by atoms with Gasteiger partial charge in [-0.1, -0.05) is 32.1 Å². The Morgan fingerprint density at radius 2 is 1.88 bits per heavy atom. The van der Waals surface area contributed by atoms with Crippen LogP contribution in [0, 0.1) is 5.92 Å². The van der Waals surface area contributed by atoms with E-state index in [2.05, 4.69) is 10.6 Å². The van der Waals surface area contributed by atoms with E-state index in [4.69, 9.17) is 0 Å². The van der Waals surface area contributed by atoms with Gasteiger partial charge in [0.2, 0.25) is 5.91 Å². The highest BCUT2D eigenvalue weighted by Gasteiger charge is 2.27. The Morgan fingerprint density at radius 1 is 1.19 bits per heavy atom. The lowest BCUT2D eigenvalue weighted by molar-refractivity contribution is -0.124. The van der Waals surface area contributed by atoms with Crippen LogP contribution in [0.3, 0.4) is 0 Å². The zero-order chi connectivity index (χ0) is 11.4. The van der Waals surface area contributed by atoms with Gasteiger partial charge in [-0.3, -0.25) is 4.79 Å². The summed E-state index contributed by atoms with van der Waals surface area (Å²) in [6.45, 7) is 0. The van der Waals surface area contributed by atoms with Gasteiger partial charge in [0.15, 0.2) is 0 Å². The minimum Gasteiger partial charge on any atom is -0.352 e. The Hall–Kier alpha value is -0.570. The molecule has 92 valence electrons. The van der Waals surface area contributed by atoms with Crippen molar-refractivity contribution < 1.29 is 4.79 Å². The van der Waals surface area contributed by atoms with E-state index >= 15 is 0 Å². The first-order valence-corrected chi connectivity index (χ1v) is 6.77. The van der Waals surface area contributed by atoms with Crippen molar-refractivity contribution in [1.82, 2.24) is 10.6 Å². The number of hydrogen-bond donors (Lipinski definition) is 2. The molecular formula is C13H24N2O. The van der Waals surface area contributed by atoms with Crippen LogP contribution in [0.1, 0.15) is 51.4 Å². The lowest BCUT2D eigenvalue weighted by Crippen LogP contribution is -2.47. The molecule has 3 heteroatoms. The summed E-state index contributed by atoms with van der Waals surface area (Å²) < 4.78 is 0. The van der Waals surface area contributed by atoms with E-state index in [0.717, 1.165) is 12.3 Å². The van der Waals surface area contributed by atoms with Crippen molar-refractivity contribution in [3.8, 4) is 0 Å². The zero-order valence-electron chi connectivity index (χ0n) is 10.3. The number of rotatable bonds is 5. The van der Waals surface area contributed by atoms with Crippen LogP contribution in [0.15, 0.2) is 0 Å². The summed E-state index contributed by atoms with van der Waals surface area (Å²) >= 11 is 0. The van der Waals surface area contributed by atoms with E-state index < -0.39 is 0 Å². The fourth-order valence-electron chi connectivity index (χ4n) is 2.79. The normalized spacial score (nSPS) is 24.1. The van der Waals surface area contributed by atoms with E-state index in [0.29, 0.717) is 6.04 Å². The first-order chi connectivity index (χ1) is 7.79. The van der Waals surface area contributed by atoms with Crippen molar-refractivity contribution in [2.24, 2.45) is 5.92 Å². The molecule has 2 rings (SSSR count). The maximum Gasteiger partial charge on any atom is 0.237 e. The molecule has 2 aliphatic carbocycles. The fourth-order valence-corrected chi connectivity index (χ4v) is 2.79. The summed E-state index contributed by atoms with van der Waals surface area (Å²) in [7, 11) is 1.90. The molecule has 1 amide bonds. The Labute approximate surface area is 98.4 Å². The minimum absolute atomic E-state index is 0.0332. The second kappa shape index (κ2) is 5.67. The van der Waals surface area contributed by atoms with Gasteiger partial charge < -0.3 is 10.6 Å². The number of hydrogen-bond acceptors (Lipinski definition) is 2. The summed E-state index contributed by atoms with van der Waals surface area (Å²) in [5, 5.41) is 6.34. The second-order valence-corrected chi connectivity index (χ2v) is 5.36. The average Bonchev–Trinajstić information content (AvgIpc) is 2.69. The predicted octanol–water partition coefficient (Wildman–Crippen LogP) is 1.82. The monoisotopic (exact) mass is 224 g/mol. The smallest absolute Gasteiger partial charge is 0.237 e. The van der Waals surface area contributed by atoms with Crippen LogP contribution in [0.4, 0.5) is 0 Å². The highest BCUT2D eigenvalue weighted by Crippen LogP contribution is 2.30. The van der Waals surface area contributed by atoms with Crippen LogP contribution in [-0.4, -0.2) is 25.0 Å². The lowest BCUT2D eigenvalue weighted by atomic mass is 9.80. The van der Waals surface area contributed by atoms with Gasteiger partial charge in [0.25, 0.3) is 0 Å². The molecule has 3 nitrogen and oxygen atoms in total. The average molecular weight is 224 g/mol. The lowest BCUT2D eigenvalue weighted by Gasteiger charge is -2.29. The fraction of sp³-hybridized carbons (Fsp3) is 0.923. The first kappa shape index (κ1) is 11.9. The molecule has 0 bridgehead atoms. The molecule has 16 heavy (non-hydrogen) atoms. The summed E-state index contributed by atoms with van der Waals surface area (Å²) in [4.78, 5) is 12.0. The molecule has 2 saturated carbocycles. The Kier molecular flexibility index (Phi) is 4.22. The van der Waals surface area contributed by atoms with Crippen molar-refractivity contribution in [3.63, 3.8) is 0 Å². The van der Waals surface area contributed by atoms with E-state index in [1.165, 1.54) is 44.9 Å². The SMILES string of the molecule is CNC(CC1CCC1)C(=O)NC1CCCC1. The molecule has 2 fully saturated rings. The quantitative estimate of drug-likeness (QED) is 0.748. The van der Waals surface area contributed by atoms with Crippen LogP contribution in [0.2, 0.25) is 0 Å². The van der Waals surface area contributed by atoms with Crippen molar-refractivity contribution in [1.29, 1.82) is 0 Å². The maximum atomic E-state index is 12.0. The molecule has 0 saturated heterocycles. The van der Waals surface area contributed by atoms with Crippen LogP contribution >= 0.6 is 0 Å². The van der Waals surface area contributed by atoms with Gasteiger partial charge in [0.1, 0.15) is 0 Å². The Bertz CT molecular complexity index is 232. The van der Waals surface area contributed by atoms with Crippen molar-refractivity contribution in [2.45, 2.75) is 63.5 Å². The van der Waals surface area contributed by atoms with E-state index in [1.54, 1.807) is 0 Å². The number of nitrogens with one attached hydrogen (secondary N) is 2. The third kappa shape index (κ3) is 2.97. The number of carbonyl (C=O) groups is 1. The van der Waals surface area contributed by atoms with Crippen molar-refractivity contribution >= 4 is 5.91 Å². The third-order valence-corrected chi connectivity index (χ3v) is 4.16. The highest BCUT2D eigenvalue weighted by atomic mass is 16.2. The molecular weight excluding hydrogens is 200 g/mol. The molecule has 2 N–H and O–H groups in total. The first-order valence-electron chi connectivity index (χ1n) is 6.77. The number of carbonyl (C=O) groups excluding carboxylic acids is 1. The van der Waals surface area contributed by atoms with Gasteiger partial charge in [0, 0.05) is 6.04 Å².